The summed E-state index contributed by atoms with van der Waals surface area (Å²) < 4.78 is 33.4. The van der Waals surface area contributed by atoms with Gasteiger partial charge in [0.05, 0.1) is 35.1 Å². The van der Waals surface area contributed by atoms with Crippen molar-refractivity contribution in [2.75, 3.05) is 18.9 Å². The quantitative estimate of drug-likeness (QED) is 0.0382. The lowest BCUT2D eigenvalue weighted by molar-refractivity contribution is -0.172. The number of aliphatic hydroxyl groups is 1. The van der Waals surface area contributed by atoms with E-state index < -0.39 is 76.7 Å². The smallest absolute Gasteiger partial charge is 0.408 e. The number of urea groups is 1. The Kier molecular flexibility index (Phi) is 15.1. The van der Waals surface area contributed by atoms with Gasteiger partial charge >= 0.3 is 24.2 Å². The molecule has 0 saturated carbocycles. The number of aryl methyl sites for hydroxylation is 1. The molecule has 2 aromatic heterocycles. The zero-order chi connectivity index (χ0) is 51.7. The molecule has 20 nitrogen and oxygen atoms in total. The fraction of sp³-hybridized carbons (Fsp3) is 0.480. The minimum atomic E-state index is -2.04. The van der Waals surface area contributed by atoms with E-state index >= 15 is 4.39 Å². The predicted octanol–water partition coefficient (Wildman–Crippen LogP) is 4.58. The molecule has 1 aliphatic carbocycles. The van der Waals surface area contributed by atoms with E-state index in [9.17, 15) is 38.7 Å². The average molecular weight is 984 g/mol. The summed E-state index contributed by atoms with van der Waals surface area (Å²) in [5.74, 6) is -2.87. The van der Waals surface area contributed by atoms with E-state index in [2.05, 4.69) is 31.9 Å². The topological polar surface area (TPSA) is 283 Å². The number of carbonyl (C=O) groups is 6. The molecule has 2 aliphatic heterocycles. The van der Waals surface area contributed by atoms with Crippen molar-refractivity contribution in [1.82, 2.24) is 36.1 Å². The molecule has 7 rings (SSSR count). The fourth-order valence-electron chi connectivity index (χ4n) is 9.47. The van der Waals surface area contributed by atoms with Gasteiger partial charge in [0, 0.05) is 41.4 Å². The SMILES string of the molecule is CC[C@@]1(O)C(=O)OCc2c1cc1n(c2=O)Cc2c-1nc1cc(F)c(C)c3c1c2[C@@H](NC(=O)OCc1ccc(NC(=O)[C@H](CCCNC(N)=O)NC(=O)[C@@H](NC(=O)OC(C)(C)C)C(C)C)cc1CNC)CC3. The Labute approximate surface area is 409 Å². The average Bonchev–Trinajstić information content (AvgIpc) is 3.67. The maximum atomic E-state index is 15.5. The number of ether oxygens (including phenoxy) is 3. The number of primary amides is 1. The third kappa shape index (κ3) is 10.8. The van der Waals surface area contributed by atoms with Gasteiger partial charge in [-0.05, 0) is 119 Å². The number of alkyl carbamates (subject to hydrolysis) is 2. The minimum absolute atomic E-state index is 0.0380. The highest BCUT2D eigenvalue weighted by Crippen LogP contribution is 2.46. The molecule has 71 heavy (non-hydrogen) atoms. The number of fused-ring (bicyclic) bond motifs is 5. The highest BCUT2D eigenvalue weighted by atomic mass is 19.1. The van der Waals surface area contributed by atoms with Crippen LogP contribution in [0.5, 0.6) is 0 Å². The van der Waals surface area contributed by atoms with Crippen LogP contribution in [-0.2, 0) is 66.9 Å². The molecule has 6 amide bonds. The van der Waals surface area contributed by atoms with Crippen molar-refractivity contribution in [2.45, 2.75) is 136 Å². The third-order valence-corrected chi connectivity index (χ3v) is 13.1. The number of carbonyl (C=O) groups excluding carboxylic acids is 6. The Morgan fingerprint density at radius 3 is 2.45 bits per heavy atom. The van der Waals surface area contributed by atoms with E-state index in [1.807, 2.05) is 0 Å². The van der Waals surface area contributed by atoms with E-state index in [1.165, 1.54) is 10.6 Å². The van der Waals surface area contributed by atoms with Gasteiger partial charge in [-0.25, -0.2) is 28.6 Å². The second kappa shape index (κ2) is 20.7. The van der Waals surface area contributed by atoms with E-state index in [0.717, 1.165) is 5.56 Å². The summed E-state index contributed by atoms with van der Waals surface area (Å²) in [5, 5.41) is 28.8. The highest BCUT2D eigenvalue weighted by molar-refractivity contribution is 5.98. The first kappa shape index (κ1) is 51.7. The Morgan fingerprint density at radius 1 is 1.03 bits per heavy atom. The van der Waals surface area contributed by atoms with Crippen LogP contribution in [0.25, 0.3) is 22.3 Å². The van der Waals surface area contributed by atoms with Crippen LogP contribution in [0.2, 0.25) is 0 Å². The van der Waals surface area contributed by atoms with Crippen molar-refractivity contribution in [1.29, 1.82) is 0 Å². The van der Waals surface area contributed by atoms with Gasteiger partial charge in [-0.2, -0.15) is 0 Å². The van der Waals surface area contributed by atoms with Crippen LogP contribution >= 0.6 is 0 Å². The fourth-order valence-corrected chi connectivity index (χ4v) is 9.47. The number of esters is 1. The molecule has 0 fully saturated rings. The lowest BCUT2D eigenvalue weighted by atomic mass is 9.81. The summed E-state index contributed by atoms with van der Waals surface area (Å²) in [6.45, 7) is 11.9. The molecule has 4 heterocycles. The monoisotopic (exact) mass is 983 g/mol. The van der Waals surface area contributed by atoms with Crippen LogP contribution < -0.4 is 43.2 Å². The molecule has 0 unspecified atom stereocenters. The first-order chi connectivity index (χ1) is 33.5. The number of amides is 6. The van der Waals surface area contributed by atoms with Crippen LogP contribution in [-0.4, -0.2) is 81.9 Å². The van der Waals surface area contributed by atoms with E-state index in [0.29, 0.717) is 75.2 Å². The molecule has 2 aromatic carbocycles. The molecule has 0 spiro atoms. The van der Waals surface area contributed by atoms with Gasteiger partial charge in [0.25, 0.3) is 5.56 Å². The molecule has 380 valence electrons. The predicted molar refractivity (Wildman–Crippen MR) is 258 cm³/mol. The molecule has 4 aromatic rings. The van der Waals surface area contributed by atoms with Gasteiger partial charge in [-0.15, -0.1) is 0 Å². The number of nitrogens with two attached hydrogens (primary N) is 1. The number of halogens is 1. The Balaban J connectivity index is 1.09. The third-order valence-electron chi connectivity index (χ3n) is 13.1. The van der Waals surface area contributed by atoms with Gasteiger partial charge in [0.2, 0.25) is 11.8 Å². The van der Waals surface area contributed by atoms with Crippen molar-refractivity contribution in [2.24, 2.45) is 11.7 Å². The second-order valence-electron chi connectivity index (χ2n) is 19.5. The van der Waals surface area contributed by atoms with Crippen molar-refractivity contribution < 1.29 is 52.5 Å². The molecular formula is C50H62FN9O11. The van der Waals surface area contributed by atoms with Crippen molar-refractivity contribution in [3.63, 3.8) is 0 Å². The molecule has 3 aliphatic rings. The van der Waals surface area contributed by atoms with E-state index in [1.54, 1.807) is 79.8 Å². The number of aromatic nitrogens is 2. The molecule has 9 N–H and O–H groups in total. The maximum Gasteiger partial charge on any atom is 0.408 e. The normalized spacial score (nSPS) is 17.5. The van der Waals surface area contributed by atoms with Gasteiger partial charge in [0.1, 0.15) is 36.7 Å². The maximum absolute atomic E-state index is 15.5. The first-order valence-electron chi connectivity index (χ1n) is 23.7. The lowest BCUT2D eigenvalue weighted by Crippen LogP contribution is -2.55. The van der Waals surface area contributed by atoms with Crippen LogP contribution in [0.1, 0.15) is 118 Å². The number of hydrogen-bond acceptors (Lipinski definition) is 13. The van der Waals surface area contributed by atoms with Gasteiger partial charge in [-0.3, -0.25) is 14.4 Å². The van der Waals surface area contributed by atoms with Crippen LogP contribution in [0, 0.1) is 18.7 Å². The zero-order valence-corrected chi connectivity index (χ0v) is 41.1. The van der Waals surface area contributed by atoms with Crippen LogP contribution in [0.15, 0.2) is 35.1 Å². The van der Waals surface area contributed by atoms with Crippen molar-refractivity contribution in [3.05, 3.63) is 91.0 Å². The zero-order valence-electron chi connectivity index (χ0n) is 41.1. The number of benzene rings is 2. The molecule has 21 heteroatoms. The minimum Gasteiger partial charge on any atom is -0.458 e. The number of anilines is 1. The second-order valence-corrected chi connectivity index (χ2v) is 19.5. The number of pyridine rings is 2. The molecule has 0 radical (unpaired) electrons. The van der Waals surface area contributed by atoms with Crippen LogP contribution in [0.4, 0.5) is 24.5 Å². The number of nitrogens with one attached hydrogen (secondary N) is 6. The molecular weight excluding hydrogens is 922 g/mol. The largest absolute Gasteiger partial charge is 0.458 e. The molecule has 4 atom stereocenters. The number of nitrogens with zero attached hydrogens (tertiary/aromatic N) is 2. The summed E-state index contributed by atoms with van der Waals surface area (Å²) in [5.41, 5.74) is 7.41. The van der Waals surface area contributed by atoms with Gasteiger partial charge < -0.3 is 61.5 Å². The standard InChI is InChI=1S/C50H62FN9O11/c1-9-50(68)32-18-37-41-30(21-60(37)44(63)31(32)23-69-45(50)64)39-34(15-14-29-25(4)33(51)19-36(56-41)38(29)39)58-47(66)70-22-26-12-13-28(17-27(26)20-53-8)55-42(61)35(11-10-16-54-46(52)65)57-43(62)40(24(2)3)59-48(67)71-49(5,6)7/h12-13,17-19,24,34-35,40,53,68H,9-11,14-16,20-23H2,1-8H3,(H,55,61)(H,57,62)(H,58,66)(H,59,67)(H3,52,54,65)/t34-,35-,40-,50-/m0/s1. The summed E-state index contributed by atoms with van der Waals surface area (Å²) in [6, 6.07) is 4.42. The van der Waals surface area contributed by atoms with Crippen LogP contribution in [0.3, 0.4) is 0 Å². The summed E-state index contributed by atoms with van der Waals surface area (Å²) >= 11 is 0. The first-order valence-corrected chi connectivity index (χ1v) is 23.7. The summed E-state index contributed by atoms with van der Waals surface area (Å²) in [4.78, 5) is 96.9. The number of cyclic esters (lactones) is 1. The lowest BCUT2D eigenvalue weighted by Gasteiger charge is -2.31. The van der Waals surface area contributed by atoms with Gasteiger partial charge in [-0.1, -0.05) is 26.8 Å². The van der Waals surface area contributed by atoms with Crippen molar-refractivity contribution >= 4 is 52.6 Å². The van der Waals surface area contributed by atoms with Crippen molar-refractivity contribution in [3.8, 4) is 11.4 Å². The Hall–Kier alpha value is -7.13. The molecule has 0 saturated heterocycles. The molecule has 0 bridgehead atoms. The number of hydrogen-bond donors (Lipinski definition) is 8. The van der Waals surface area contributed by atoms with E-state index in [4.69, 9.17) is 24.9 Å². The Bertz CT molecular complexity index is 2880. The highest BCUT2D eigenvalue weighted by Gasteiger charge is 2.46. The number of rotatable bonds is 16. The summed E-state index contributed by atoms with van der Waals surface area (Å²) in [6.07, 6.45) is -0.419. The Morgan fingerprint density at radius 2 is 1.77 bits per heavy atom. The van der Waals surface area contributed by atoms with Gasteiger partial charge in [0.15, 0.2) is 5.60 Å². The van der Waals surface area contributed by atoms with E-state index in [-0.39, 0.29) is 62.6 Å². The summed E-state index contributed by atoms with van der Waals surface area (Å²) in [7, 11) is 1.73.